The zero-order valence-corrected chi connectivity index (χ0v) is 12.0. The fourth-order valence-corrected chi connectivity index (χ4v) is 2.45. The van der Waals surface area contributed by atoms with Gasteiger partial charge in [0.25, 0.3) is 0 Å². The van der Waals surface area contributed by atoms with E-state index in [2.05, 4.69) is 21.9 Å². The first-order chi connectivity index (χ1) is 10.7. The third kappa shape index (κ3) is 2.06. The molecule has 5 heteroatoms. The van der Waals surface area contributed by atoms with Crippen LogP contribution in [0.25, 0.3) is 16.6 Å². The second-order valence-electron chi connectivity index (χ2n) is 5.45. The van der Waals surface area contributed by atoms with Gasteiger partial charge in [0.05, 0.1) is 16.8 Å². The Hall–Kier alpha value is -3.00. The number of rotatable bonds is 1. The summed E-state index contributed by atoms with van der Waals surface area (Å²) in [6.07, 6.45) is 4.00. The lowest BCUT2D eigenvalue weighted by molar-refractivity contribution is 0.911. The largest absolute Gasteiger partial charge is 0.383 e. The molecule has 5 nitrogen and oxygen atoms in total. The van der Waals surface area contributed by atoms with Gasteiger partial charge in [-0.15, -0.1) is 5.10 Å². The van der Waals surface area contributed by atoms with Gasteiger partial charge in [-0.05, 0) is 31.0 Å². The van der Waals surface area contributed by atoms with E-state index in [0.717, 1.165) is 16.6 Å². The predicted molar refractivity (Wildman–Crippen MR) is 87.3 cm³/mol. The van der Waals surface area contributed by atoms with Crippen LogP contribution in [0.15, 0.2) is 36.5 Å². The number of aromatic nitrogens is 3. The van der Waals surface area contributed by atoms with Crippen LogP contribution in [-0.4, -0.2) is 14.8 Å². The topological polar surface area (TPSA) is 82.8 Å². The van der Waals surface area contributed by atoms with Gasteiger partial charge in [-0.1, -0.05) is 24.0 Å². The molecule has 0 spiro atoms. The van der Waals surface area contributed by atoms with Crippen molar-refractivity contribution >= 4 is 22.5 Å². The number of fused-ring (bicyclic) bond motifs is 1. The molecule has 2 heterocycles. The molecule has 1 aliphatic rings. The van der Waals surface area contributed by atoms with E-state index >= 15 is 0 Å². The molecule has 3 aromatic rings. The lowest BCUT2D eigenvalue weighted by atomic mass is 10.2. The number of nitrogens with zero attached hydrogens (tertiary/aromatic N) is 3. The highest BCUT2D eigenvalue weighted by Crippen LogP contribution is 2.29. The number of nitrogen functional groups attached to an aromatic ring is 2. The summed E-state index contributed by atoms with van der Waals surface area (Å²) in [6.45, 7) is 0. The van der Waals surface area contributed by atoms with Gasteiger partial charge >= 0.3 is 0 Å². The zero-order chi connectivity index (χ0) is 15.1. The molecule has 0 aliphatic heterocycles. The van der Waals surface area contributed by atoms with E-state index in [4.69, 9.17) is 11.5 Å². The Balaban J connectivity index is 1.95. The standard InChI is InChI=1S/C17H15N5/c18-16-13(8-7-11-5-6-11)15(9-10-20-16)22-14-4-2-1-3-12(14)17(19)21-22/h1-4,9-11H,5-6H2,(H2,18,20)(H2,19,21). The Morgan fingerprint density at radius 3 is 2.73 bits per heavy atom. The van der Waals surface area contributed by atoms with Crippen LogP contribution < -0.4 is 11.5 Å². The van der Waals surface area contributed by atoms with E-state index in [9.17, 15) is 0 Å². The third-order valence-corrected chi connectivity index (χ3v) is 3.78. The molecule has 0 bridgehead atoms. The molecule has 0 atom stereocenters. The van der Waals surface area contributed by atoms with Crippen molar-refractivity contribution in [3.05, 3.63) is 42.1 Å². The third-order valence-electron chi connectivity index (χ3n) is 3.78. The number of hydrogen-bond acceptors (Lipinski definition) is 4. The Morgan fingerprint density at radius 1 is 1.09 bits per heavy atom. The summed E-state index contributed by atoms with van der Waals surface area (Å²) >= 11 is 0. The van der Waals surface area contributed by atoms with E-state index < -0.39 is 0 Å². The first kappa shape index (κ1) is 12.7. The van der Waals surface area contributed by atoms with E-state index in [1.54, 1.807) is 10.9 Å². The van der Waals surface area contributed by atoms with Crippen LogP contribution in [0.2, 0.25) is 0 Å². The van der Waals surface area contributed by atoms with Gasteiger partial charge in [-0.3, -0.25) is 0 Å². The molecule has 108 valence electrons. The summed E-state index contributed by atoms with van der Waals surface area (Å²) in [6, 6.07) is 9.70. The summed E-state index contributed by atoms with van der Waals surface area (Å²) in [7, 11) is 0. The number of anilines is 2. The van der Waals surface area contributed by atoms with Crippen LogP contribution >= 0.6 is 0 Å². The van der Waals surface area contributed by atoms with Crippen LogP contribution in [-0.2, 0) is 0 Å². The van der Waals surface area contributed by atoms with Crippen LogP contribution in [0.1, 0.15) is 18.4 Å². The minimum Gasteiger partial charge on any atom is -0.383 e. The second kappa shape index (κ2) is 4.78. The van der Waals surface area contributed by atoms with E-state index in [1.807, 2.05) is 30.3 Å². The minimum atomic E-state index is 0.420. The van der Waals surface area contributed by atoms with E-state index in [1.165, 1.54) is 12.8 Å². The molecule has 0 unspecified atom stereocenters. The van der Waals surface area contributed by atoms with Gasteiger partial charge in [0.2, 0.25) is 0 Å². The fraction of sp³-hybridized carbons (Fsp3) is 0.176. The molecule has 0 radical (unpaired) electrons. The van der Waals surface area contributed by atoms with Crippen molar-refractivity contribution in [2.75, 3.05) is 11.5 Å². The number of pyridine rings is 1. The Bertz CT molecular complexity index is 925. The van der Waals surface area contributed by atoms with Gasteiger partial charge in [-0.2, -0.15) is 0 Å². The highest BCUT2D eigenvalue weighted by Gasteiger charge is 2.19. The molecule has 1 fully saturated rings. The van der Waals surface area contributed by atoms with Gasteiger partial charge in [0.1, 0.15) is 5.82 Å². The van der Waals surface area contributed by atoms with Gasteiger partial charge in [-0.25, -0.2) is 9.67 Å². The Labute approximate surface area is 127 Å². The molecular weight excluding hydrogens is 274 g/mol. The van der Waals surface area contributed by atoms with Crippen LogP contribution in [0.4, 0.5) is 11.6 Å². The van der Waals surface area contributed by atoms with Crippen molar-refractivity contribution in [1.29, 1.82) is 0 Å². The van der Waals surface area contributed by atoms with Crippen molar-refractivity contribution in [2.24, 2.45) is 5.92 Å². The minimum absolute atomic E-state index is 0.420. The zero-order valence-electron chi connectivity index (χ0n) is 12.0. The second-order valence-corrected chi connectivity index (χ2v) is 5.45. The molecule has 22 heavy (non-hydrogen) atoms. The fourth-order valence-electron chi connectivity index (χ4n) is 2.45. The molecule has 4 N–H and O–H groups in total. The maximum Gasteiger partial charge on any atom is 0.153 e. The van der Waals surface area contributed by atoms with Crippen LogP contribution in [0.5, 0.6) is 0 Å². The van der Waals surface area contributed by atoms with Crippen molar-refractivity contribution in [2.45, 2.75) is 12.8 Å². The first-order valence-electron chi connectivity index (χ1n) is 7.23. The molecule has 0 saturated heterocycles. The Morgan fingerprint density at radius 2 is 1.91 bits per heavy atom. The average Bonchev–Trinajstić information content (AvgIpc) is 3.30. The number of para-hydroxylation sites is 1. The maximum atomic E-state index is 6.03. The van der Waals surface area contributed by atoms with Crippen molar-refractivity contribution in [3.8, 4) is 17.5 Å². The van der Waals surface area contributed by atoms with Crippen molar-refractivity contribution in [1.82, 2.24) is 14.8 Å². The molecule has 0 amide bonds. The van der Waals surface area contributed by atoms with Crippen molar-refractivity contribution < 1.29 is 0 Å². The maximum absolute atomic E-state index is 6.03. The summed E-state index contributed by atoms with van der Waals surface area (Å²) in [5.41, 5.74) is 14.5. The lowest BCUT2D eigenvalue weighted by Crippen LogP contribution is -2.04. The molecule has 1 aromatic carbocycles. The number of benzene rings is 1. The SMILES string of the molecule is Nc1nccc(-n2nc(N)c3ccccc32)c1C#CC1CC1. The monoisotopic (exact) mass is 289 g/mol. The highest BCUT2D eigenvalue weighted by molar-refractivity contribution is 5.90. The highest BCUT2D eigenvalue weighted by atomic mass is 15.3. The van der Waals surface area contributed by atoms with Crippen molar-refractivity contribution in [3.63, 3.8) is 0 Å². The van der Waals surface area contributed by atoms with E-state index in [0.29, 0.717) is 23.1 Å². The normalized spacial score (nSPS) is 13.8. The predicted octanol–water partition coefficient (Wildman–Crippen LogP) is 2.35. The van der Waals surface area contributed by atoms with Gasteiger partial charge in [0.15, 0.2) is 5.82 Å². The molecule has 1 saturated carbocycles. The smallest absolute Gasteiger partial charge is 0.153 e. The van der Waals surface area contributed by atoms with Crippen LogP contribution in [0, 0.1) is 17.8 Å². The number of nitrogens with two attached hydrogens (primary N) is 2. The Kier molecular flexibility index (Phi) is 2.76. The molecule has 1 aliphatic carbocycles. The van der Waals surface area contributed by atoms with Gasteiger partial charge in [0, 0.05) is 17.5 Å². The van der Waals surface area contributed by atoms with Crippen LogP contribution in [0.3, 0.4) is 0 Å². The molecule has 2 aromatic heterocycles. The lowest BCUT2D eigenvalue weighted by Gasteiger charge is -2.07. The van der Waals surface area contributed by atoms with Gasteiger partial charge < -0.3 is 11.5 Å². The summed E-state index contributed by atoms with van der Waals surface area (Å²) in [4.78, 5) is 4.15. The summed E-state index contributed by atoms with van der Waals surface area (Å²) < 4.78 is 1.79. The summed E-state index contributed by atoms with van der Waals surface area (Å²) in [5.74, 6) is 7.82. The molecule has 4 rings (SSSR count). The number of hydrogen-bond donors (Lipinski definition) is 2. The first-order valence-corrected chi connectivity index (χ1v) is 7.23. The summed E-state index contributed by atoms with van der Waals surface area (Å²) in [5, 5.41) is 5.36. The molecular formula is C17H15N5. The van der Waals surface area contributed by atoms with E-state index in [-0.39, 0.29) is 0 Å². The average molecular weight is 289 g/mol. The quantitative estimate of drug-likeness (QED) is 0.674.